The molecule has 0 nitrogen and oxygen atoms in total. The number of rotatable bonds is 15. The Morgan fingerprint density at radius 2 is 1.32 bits per heavy atom. The van der Waals surface area contributed by atoms with Crippen molar-refractivity contribution in [3.05, 3.63) is 53.6 Å². The van der Waals surface area contributed by atoms with Crippen molar-refractivity contribution in [2.45, 2.75) is 110 Å². The first kappa shape index (κ1) is 23.0. The van der Waals surface area contributed by atoms with Crippen molar-refractivity contribution in [2.75, 3.05) is 0 Å². The predicted molar refractivity (Wildman–Crippen MR) is 127 cm³/mol. The first-order chi connectivity index (χ1) is 13.8. The summed E-state index contributed by atoms with van der Waals surface area (Å²) in [6.07, 6.45) is 27.8. The Balaban J connectivity index is 1.63. The molecule has 156 valence electrons. The molecular weight excluding hydrogens is 336 g/mol. The lowest BCUT2D eigenvalue weighted by atomic mass is 9.89. The van der Waals surface area contributed by atoms with E-state index < -0.39 is 0 Å². The zero-order valence-electron chi connectivity index (χ0n) is 18.7. The lowest BCUT2D eigenvalue weighted by Gasteiger charge is -2.16. The van der Waals surface area contributed by atoms with Crippen molar-refractivity contribution < 1.29 is 0 Å². The van der Waals surface area contributed by atoms with E-state index in [0.29, 0.717) is 0 Å². The van der Waals surface area contributed by atoms with Gasteiger partial charge < -0.3 is 0 Å². The van der Waals surface area contributed by atoms with Crippen LogP contribution in [0.4, 0.5) is 0 Å². The second kappa shape index (κ2) is 14.7. The van der Waals surface area contributed by atoms with Crippen molar-refractivity contribution in [1.82, 2.24) is 0 Å². The maximum absolute atomic E-state index is 2.46. The van der Waals surface area contributed by atoms with Crippen LogP contribution in [0, 0.1) is 5.92 Å². The molecule has 0 amide bonds. The maximum atomic E-state index is 2.46. The highest BCUT2D eigenvalue weighted by atomic mass is 14.1. The molecule has 28 heavy (non-hydrogen) atoms. The van der Waals surface area contributed by atoms with Crippen LogP contribution in [0.15, 0.2) is 42.5 Å². The third kappa shape index (κ3) is 9.26. The van der Waals surface area contributed by atoms with Gasteiger partial charge in [0.1, 0.15) is 0 Å². The van der Waals surface area contributed by atoms with Gasteiger partial charge in [0.2, 0.25) is 0 Å². The van der Waals surface area contributed by atoms with Crippen molar-refractivity contribution in [3.63, 3.8) is 0 Å². The Bertz CT molecular complexity index is 560. The topological polar surface area (TPSA) is 0 Å². The van der Waals surface area contributed by atoms with E-state index in [0.717, 1.165) is 5.92 Å². The summed E-state index contributed by atoms with van der Waals surface area (Å²) < 4.78 is 0. The average molecular weight is 381 g/mol. The van der Waals surface area contributed by atoms with E-state index >= 15 is 0 Å². The zero-order valence-corrected chi connectivity index (χ0v) is 18.7. The van der Waals surface area contributed by atoms with Crippen LogP contribution in [0.2, 0.25) is 0 Å². The Morgan fingerprint density at radius 1 is 0.714 bits per heavy atom. The average Bonchev–Trinajstić information content (AvgIpc) is 2.74. The minimum atomic E-state index is 0.766. The molecule has 0 heterocycles. The summed E-state index contributed by atoms with van der Waals surface area (Å²) in [5.41, 5.74) is 4.31. The van der Waals surface area contributed by atoms with Gasteiger partial charge in [-0.05, 0) is 48.3 Å². The smallest absolute Gasteiger partial charge is 0.0187 e. The molecule has 1 aromatic rings. The van der Waals surface area contributed by atoms with Gasteiger partial charge in [-0.1, -0.05) is 127 Å². The molecule has 0 saturated carbocycles. The minimum Gasteiger partial charge on any atom is -0.0805 e. The van der Waals surface area contributed by atoms with Crippen LogP contribution in [0.5, 0.6) is 0 Å². The number of hydrogen-bond acceptors (Lipinski definition) is 0. The van der Waals surface area contributed by atoms with Gasteiger partial charge in [0, 0.05) is 0 Å². The van der Waals surface area contributed by atoms with E-state index in [1.165, 1.54) is 113 Å². The molecule has 1 aliphatic rings. The highest BCUT2D eigenvalue weighted by Gasteiger charge is 2.09. The lowest BCUT2D eigenvalue weighted by Crippen LogP contribution is -2.00. The third-order valence-corrected chi connectivity index (χ3v) is 6.22. The van der Waals surface area contributed by atoms with E-state index in [4.69, 9.17) is 0 Å². The SMILES string of the molecule is CCCCCCCCCCc1ccc(C2=CCC(CCCCCC)C=C2)cc1. The first-order valence-corrected chi connectivity index (χ1v) is 12.3. The first-order valence-electron chi connectivity index (χ1n) is 12.3. The van der Waals surface area contributed by atoms with Crippen LogP contribution in [-0.2, 0) is 6.42 Å². The van der Waals surface area contributed by atoms with Gasteiger partial charge in [-0.3, -0.25) is 0 Å². The summed E-state index contributed by atoms with van der Waals surface area (Å²) in [6.45, 7) is 4.58. The number of benzene rings is 1. The van der Waals surface area contributed by atoms with E-state index in [2.05, 4.69) is 56.3 Å². The quantitative estimate of drug-likeness (QED) is 0.266. The Labute approximate surface area is 175 Å². The molecule has 0 heteroatoms. The summed E-state index contributed by atoms with van der Waals surface area (Å²) in [5, 5.41) is 0. The fraction of sp³-hybridized carbons (Fsp3) is 0.643. The number of unbranched alkanes of at least 4 members (excludes halogenated alkanes) is 10. The fourth-order valence-electron chi connectivity index (χ4n) is 4.25. The van der Waals surface area contributed by atoms with Crippen LogP contribution in [-0.4, -0.2) is 0 Å². The molecular formula is C28H44. The molecule has 1 unspecified atom stereocenters. The van der Waals surface area contributed by atoms with Gasteiger partial charge in [0.25, 0.3) is 0 Å². The monoisotopic (exact) mass is 380 g/mol. The van der Waals surface area contributed by atoms with Crippen LogP contribution >= 0.6 is 0 Å². The Hall–Kier alpha value is -1.30. The molecule has 0 saturated heterocycles. The molecule has 2 rings (SSSR count). The molecule has 0 spiro atoms. The van der Waals surface area contributed by atoms with Crippen molar-refractivity contribution in [2.24, 2.45) is 5.92 Å². The minimum absolute atomic E-state index is 0.766. The summed E-state index contributed by atoms with van der Waals surface area (Å²) in [5.74, 6) is 0.766. The highest BCUT2D eigenvalue weighted by Crippen LogP contribution is 2.27. The van der Waals surface area contributed by atoms with E-state index in [1.54, 1.807) is 0 Å². The molecule has 0 bridgehead atoms. The van der Waals surface area contributed by atoms with Gasteiger partial charge in [0.15, 0.2) is 0 Å². The van der Waals surface area contributed by atoms with Crippen LogP contribution in [0.3, 0.4) is 0 Å². The van der Waals surface area contributed by atoms with Crippen LogP contribution < -0.4 is 0 Å². The summed E-state index contributed by atoms with van der Waals surface area (Å²) >= 11 is 0. The second-order valence-corrected chi connectivity index (χ2v) is 8.79. The van der Waals surface area contributed by atoms with Gasteiger partial charge >= 0.3 is 0 Å². The van der Waals surface area contributed by atoms with Gasteiger partial charge in [0.05, 0.1) is 0 Å². The van der Waals surface area contributed by atoms with E-state index in [1.807, 2.05) is 0 Å². The van der Waals surface area contributed by atoms with Crippen molar-refractivity contribution in [3.8, 4) is 0 Å². The number of allylic oxidation sites excluding steroid dienone is 4. The maximum Gasteiger partial charge on any atom is -0.0187 e. The van der Waals surface area contributed by atoms with Crippen LogP contribution in [0.1, 0.15) is 115 Å². The lowest BCUT2D eigenvalue weighted by molar-refractivity contribution is 0.532. The Kier molecular flexibility index (Phi) is 12.0. The Morgan fingerprint density at radius 3 is 1.93 bits per heavy atom. The summed E-state index contributed by atoms with van der Waals surface area (Å²) in [4.78, 5) is 0. The largest absolute Gasteiger partial charge is 0.0805 e. The summed E-state index contributed by atoms with van der Waals surface area (Å²) in [7, 11) is 0. The van der Waals surface area contributed by atoms with Gasteiger partial charge in [-0.2, -0.15) is 0 Å². The molecule has 0 fully saturated rings. The molecule has 1 aliphatic carbocycles. The van der Waals surface area contributed by atoms with Crippen molar-refractivity contribution >= 4 is 5.57 Å². The molecule has 0 N–H and O–H groups in total. The highest BCUT2D eigenvalue weighted by molar-refractivity contribution is 5.75. The fourth-order valence-corrected chi connectivity index (χ4v) is 4.25. The number of hydrogen-bond donors (Lipinski definition) is 0. The summed E-state index contributed by atoms with van der Waals surface area (Å²) in [6, 6.07) is 9.36. The van der Waals surface area contributed by atoms with Crippen molar-refractivity contribution in [1.29, 1.82) is 0 Å². The predicted octanol–water partition coefficient (Wildman–Crippen LogP) is 9.30. The molecule has 1 atom stereocenters. The molecule has 0 aromatic heterocycles. The standard InChI is InChI=1S/C28H44/c1-3-5-7-9-10-11-12-14-16-26-19-23-28(24-20-26)27-21-17-25(18-22-27)15-13-8-6-4-2/h17,19-25H,3-16,18H2,1-2H3. The second-order valence-electron chi connectivity index (χ2n) is 8.79. The van der Waals surface area contributed by atoms with Gasteiger partial charge in [-0.25, -0.2) is 0 Å². The molecule has 0 aliphatic heterocycles. The van der Waals surface area contributed by atoms with E-state index in [9.17, 15) is 0 Å². The normalized spacial score (nSPS) is 16.4. The third-order valence-electron chi connectivity index (χ3n) is 6.22. The molecule has 0 radical (unpaired) electrons. The number of aryl methyl sites for hydroxylation is 1. The zero-order chi connectivity index (χ0) is 19.9. The van der Waals surface area contributed by atoms with E-state index in [-0.39, 0.29) is 0 Å². The van der Waals surface area contributed by atoms with Gasteiger partial charge in [-0.15, -0.1) is 0 Å². The molecule has 1 aromatic carbocycles. The van der Waals surface area contributed by atoms with Crippen LogP contribution in [0.25, 0.3) is 5.57 Å².